The van der Waals surface area contributed by atoms with Crippen molar-refractivity contribution >= 4 is 6.03 Å². The van der Waals surface area contributed by atoms with Gasteiger partial charge in [-0.2, -0.15) is 5.10 Å². The lowest BCUT2D eigenvalue weighted by atomic mass is 10.1. The van der Waals surface area contributed by atoms with Crippen LogP contribution < -0.4 is 5.32 Å². The van der Waals surface area contributed by atoms with Gasteiger partial charge in [0.2, 0.25) is 0 Å². The third-order valence-electron chi connectivity index (χ3n) is 5.02. The van der Waals surface area contributed by atoms with Crippen LogP contribution in [-0.2, 0) is 10.3 Å². The minimum Gasteiger partial charge on any atom is -0.377 e. The van der Waals surface area contributed by atoms with Crippen LogP contribution in [-0.4, -0.2) is 46.5 Å². The Morgan fingerprint density at radius 1 is 1.42 bits per heavy atom. The zero-order chi connectivity index (χ0) is 17.5. The van der Waals surface area contributed by atoms with Gasteiger partial charge in [-0.3, -0.25) is 4.68 Å². The van der Waals surface area contributed by atoms with E-state index in [4.69, 9.17) is 4.74 Å². The molecule has 2 amide bonds. The quantitative estimate of drug-likeness (QED) is 0.925. The smallest absolute Gasteiger partial charge is 0.318 e. The van der Waals surface area contributed by atoms with Crippen LogP contribution >= 0.6 is 0 Å². The van der Waals surface area contributed by atoms with Crippen LogP contribution in [0.25, 0.3) is 0 Å². The minimum atomic E-state index is -0.0615. The predicted molar refractivity (Wildman–Crippen MR) is 92.9 cm³/mol. The van der Waals surface area contributed by atoms with Crippen molar-refractivity contribution in [3.8, 4) is 0 Å². The zero-order valence-corrected chi connectivity index (χ0v) is 15.5. The Morgan fingerprint density at radius 3 is 2.71 bits per heavy atom. The summed E-state index contributed by atoms with van der Waals surface area (Å²) in [5, 5.41) is 7.77. The summed E-state index contributed by atoms with van der Waals surface area (Å²) < 4.78 is 7.55. The first kappa shape index (κ1) is 17.3. The number of amides is 2. The first-order valence-corrected chi connectivity index (χ1v) is 8.99. The number of carbonyl (C=O) groups is 1. The van der Waals surface area contributed by atoms with Gasteiger partial charge in [0, 0.05) is 18.3 Å². The largest absolute Gasteiger partial charge is 0.377 e. The molecule has 1 saturated heterocycles. The molecule has 1 aliphatic heterocycles. The van der Waals surface area contributed by atoms with Gasteiger partial charge in [-0.25, -0.2) is 4.79 Å². The molecule has 134 valence electrons. The summed E-state index contributed by atoms with van der Waals surface area (Å²) in [6, 6.07) is 0.200. The fourth-order valence-corrected chi connectivity index (χ4v) is 3.33. The average Bonchev–Trinajstić information content (AvgIpc) is 3.28. The summed E-state index contributed by atoms with van der Waals surface area (Å²) >= 11 is 0. The van der Waals surface area contributed by atoms with Crippen molar-refractivity contribution < 1.29 is 9.53 Å². The molecule has 3 rings (SSSR count). The highest BCUT2D eigenvalue weighted by Crippen LogP contribution is 2.36. The van der Waals surface area contributed by atoms with Gasteiger partial charge in [-0.05, 0) is 53.4 Å². The van der Waals surface area contributed by atoms with E-state index in [0.29, 0.717) is 25.7 Å². The number of aryl methyl sites for hydroxylation is 1. The lowest BCUT2D eigenvalue weighted by molar-refractivity contribution is 0.00421. The van der Waals surface area contributed by atoms with Gasteiger partial charge in [-0.1, -0.05) is 0 Å². The number of nitrogens with one attached hydrogen (secondary N) is 1. The van der Waals surface area contributed by atoms with Gasteiger partial charge in [0.15, 0.2) is 0 Å². The summed E-state index contributed by atoms with van der Waals surface area (Å²) in [5.41, 5.74) is 1.99. The van der Waals surface area contributed by atoms with Gasteiger partial charge in [-0.15, -0.1) is 0 Å². The molecule has 2 heterocycles. The van der Waals surface area contributed by atoms with E-state index in [1.807, 2.05) is 23.4 Å². The van der Waals surface area contributed by atoms with E-state index in [-0.39, 0.29) is 23.7 Å². The number of urea groups is 1. The van der Waals surface area contributed by atoms with Crippen molar-refractivity contribution in [2.75, 3.05) is 19.8 Å². The third-order valence-corrected chi connectivity index (χ3v) is 5.02. The first-order chi connectivity index (χ1) is 11.3. The molecule has 0 aromatic carbocycles. The van der Waals surface area contributed by atoms with Crippen molar-refractivity contribution in [1.82, 2.24) is 20.0 Å². The standard InChI is InChI=1S/C18H30N4O2/c1-12(15-10-22(18(3,4)5)20-13(15)2)19-17(23)21-8-9-24-11-16(21)14-6-7-14/h10,12,14,16H,6-9,11H2,1-5H3,(H,19,23)/t12-,16+/m0/s1. The number of nitrogens with zero attached hydrogens (tertiary/aromatic N) is 3. The van der Waals surface area contributed by atoms with Gasteiger partial charge in [0.1, 0.15) is 0 Å². The predicted octanol–water partition coefficient (Wildman–Crippen LogP) is 2.83. The van der Waals surface area contributed by atoms with Crippen LogP contribution in [0, 0.1) is 12.8 Å². The maximum Gasteiger partial charge on any atom is 0.318 e. The van der Waals surface area contributed by atoms with E-state index in [1.165, 1.54) is 12.8 Å². The van der Waals surface area contributed by atoms with Crippen molar-refractivity contribution in [2.45, 2.75) is 65.1 Å². The lowest BCUT2D eigenvalue weighted by Gasteiger charge is -2.36. The van der Waals surface area contributed by atoms with E-state index in [2.05, 4.69) is 37.4 Å². The topological polar surface area (TPSA) is 59.4 Å². The van der Waals surface area contributed by atoms with E-state index in [1.54, 1.807) is 0 Å². The molecule has 6 nitrogen and oxygen atoms in total. The number of hydrogen-bond donors (Lipinski definition) is 1. The number of ether oxygens (including phenoxy) is 1. The number of carbonyl (C=O) groups excluding carboxylic acids is 1. The molecule has 6 heteroatoms. The Morgan fingerprint density at radius 2 is 2.12 bits per heavy atom. The highest BCUT2D eigenvalue weighted by Gasteiger charge is 2.39. The second-order valence-corrected chi connectivity index (χ2v) is 8.13. The van der Waals surface area contributed by atoms with Crippen molar-refractivity contribution in [1.29, 1.82) is 0 Å². The summed E-state index contributed by atoms with van der Waals surface area (Å²) in [5.74, 6) is 0.622. The molecular weight excluding hydrogens is 304 g/mol. The molecule has 2 aliphatic rings. The Bertz CT molecular complexity index is 601. The van der Waals surface area contributed by atoms with Crippen molar-refractivity contribution in [2.24, 2.45) is 5.92 Å². The van der Waals surface area contributed by atoms with Crippen molar-refractivity contribution in [3.63, 3.8) is 0 Å². The molecule has 0 bridgehead atoms. The van der Waals surface area contributed by atoms with Crippen LogP contribution in [0.3, 0.4) is 0 Å². The molecular formula is C18H30N4O2. The number of rotatable bonds is 3. The third kappa shape index (κ3) is 3.58. The number of hydrogen-bond acceptors (Lipinski definition) is 3. The Hall–Kier alpha value is -1.56. The summed E-state index contributed by atoms with van der Waals surface area (Å²) in [6.45, 7) is 12.4. The van der Waals surface area contributed by atoms with Gasteiger partial charge in [0.05, 0.1) is 36.5 Å². The van der Waals surface area contributed by atoms with Crippen LogP contribution in [0.15, 0.2) is 6.20 Å². The molecule has 1 aromatic heterocycles. The lowest BCUT2D eigenvalue weighted by Crippen LogP contribution is -2.53. The molecule has 2 fully saturated rings. The van der Waals surface area contributed by atoms with Gasteiger partial charge < -0.3 is 15.0 Å². The zero-order valence-electron chi connectivity index (χ0n) is 15.5. The maximum atomic E-state index is 12.8. The molecule has 0 radical (unpaired) electrons. The average molecular weight is 334 g/mol. The molecule has 24 heavy (non-hydrogen) atoms. The summed E-state index contributed by atoms with van der Waals surface area (Å²) in [4.78, 5) is 14.7. The van der Waals surface area contributed by atoms with E-state index < -0.39 is 0 Å². The summed E-state index contributed by atoms with van der Waals surface area (Å²) in [7, 11) is 0. The molecule has 2 atom stereocenters. The number of aromatic nitrogens is 2. The molecule has 1 aromatic rings. The molecule has 0 spiro atoms. The van der Waals surface area contributed by atoms with Gasteiger partial charge in [0.25, 0.3) is 0 Å². The highest BCUT2D eigenvalue weighted by molar-refractivity contribution is 5.75. The molecule has 0 unspecified atom stereocenters. The second kappa shape index (κ2) is 6.39. The molecule has 1 N–H and O–H groups in total. The second-order valence-electron chi connectivity index (χ2n) is 8.13. The maximum absolute atomic E-state index is 12.8. The number of morpholine rings is 1. The Kier molecular flexibility index (Phi) is 4.60. The van der Waals surface area contributed by atoms with E-state index >= 15 is 0 Å². The van der Waals surface area contributed by atoms with E-state index in [9.17, 15) is 4.79 Å². The minimum absolute atomic E-state index is 0.0191. The monoisotopic (exact) mass is 334 g/mol. The normalized spacial score (nSPS) is 23.2. The van der Waals surface area contributed by atoms with E-state index in [0.717, 1.165) is 11.3 Å². The summed E-state index contributed by atoms with van der Waals surface area (Å²) in [6.07, 6.45) is 4.48. The SMILES string of the molecule is Cc1nn(C(C)(C)C)cc1[C@H](C)NC(=O)N1CCOC[C@@H]1C1CC1. The molecule has 1 saturated carbocycles. The van der Waals surface area contributed by atoms with Crippen LogP contribution in [0.2, 0.25) is 0 Å². The Balaban J connectivity index is 1.68. The van der Waals surface area contributed by atoms with Crippen molar-refractivity contribution in [3.05, 3.63) is 17.5 Å². The molecule has 1 aliphatic carbocycles. The fourth-order valence-electron chi connectivity index (χ4n) is 3.33. The van der Waals surface area contributed by atoms with Gasteiger partial charge >= 0.3 is 6.03 Å². The fraction of sp³-hybridized carbons (Fsp3) is 0.778. The highest BCUT2D eigenvalue weighted by atomic mass is 16.5. The first-order valence-electron chi connectivity index (χ1n) is 8.99. The van der Waals surface area contributed by atoms with Crippen LogP contribution in [0.1, 0.15) is 57.8 Å². The Labute approximate surface area is 144 Å². The van der Waals surface area contributed by atoms with Crippen LogP contribution in [0.5, 0.6) is 0 Å². The van der Waals surface area contributed by atoms with Crippen LogP contribution in [0.4, 0.5) is 4.79 Å².